The number of piperidine rings is 1. The van der Waals surface area contributed by atoms with E-state index in [0.717, 1.165) is 30.9 Å². The van der Waals surface area contributed by atoms with Gasteiger partial charge in [-0.15, -0.1) is 0 Å². The van der Waals surface area contributed by atoms with Gasteiger partial charge in [0.2, 0.25) is 0 Å². The second kappa shape index (κ2) is 5.17. The third kappa shape index (κ3) is 1.69. The van der Waals surface area contributed by atoms with Crippen molar-refractivity contribution in [2.75, 3.05) is 20.7 Å². The minimum absolute atomic E-state index is 0.0436. The molecule has 4 heteroatoms. The van der Waals surface area contributed by atoms with Gasteiger partial charge in [0.1, 0.15) is 6.10 Å². The quantitative estimate of drug-likeness (QED) is 0.667. The van der Waals surface area contributed by atoms with Crippen molar-refractivity contribution in [3.05, 3.63) is 58.8 Å². The molecule has 3 heterocycles. The average Bonchev–Trinajstić information content (AvgIpc) is 3.28. The van der Waals surface area contributed by atoms with Gasteiger partial charge >= 0.3 is 0 Å². The number of rotatable bonds is 1. The van der Waals surface area contributed by atoms with Crippen molar-refractivity contribution in [2.45, 2.75) is 43.2 Å². The maximum Gasteiger partial charge on any atom is 0.166 e. The van der Waals surface area contributed by atoms with Crippen molar-refractivity contribution in [1.29, 1.82) is 0 Å². The number of aromatic nitrogens is 1. The molecule has 1 fully saturated rings. The third-order valence-corrected chi connectivity index (χ3v) is 8.51. The number of nitrogens with zero attached hydrogens (tertiary/aromatic N) is 1. The Hall–Kier alpha value is -2.46. The zero-order valence-corrected chi connectivity index (χ0v) is 17.2. The predicted octanol–water partition coefficient (Wildman–Crippen LogP) is 4.54. The van der Waals surface area contributed by atoms with Crippen molar-refractivity contribution in [2.24, 2.45) is 5.92 Å². The van der Waals surface area contributed by atoms with Gasteiger partial charge in [0.15, 0.2) is 11.5 Å². The monoisotopic (exact) mass is 386 g/mol. The maximum absolute atomic E-state index is 6.87. The molecule has 2 aliphatic heterocycles. The van der Waals surface area contributed by atoms with Crippen LogP contribution in [-0.2, 0) is 11.8 Å². The SMILES string of the molecule is COc1ccc2c3c1O[C@H]1c4[nH]c5ccccc5c4[C@H](C)[C@H]4[C@@H](C2)N(C)CC[C@@]341. The van der Waals surface area contributed by atoms with Gasteiger partial charge < -0.3 is 19.4 Å². The number of H-pyrrole nitrogens is 1. The lowest BCUT2D eigenvalue weighted by Crippen LogP contribution is -2.62. The lowest BCUT2D eigenvalue weighted by atomic mass is 9.49. The van der Waals surface area contributed by atoms with E-state index in [1.807, 2.05) is 0 Å². The number of hydrogen-bond donors (Lipinski definition) is 1. The molecule has 148 valence electrons. The second-order valence-electron chi connectivity index (χ2n) is 9.48. The maximum atomic E-state index is 6.87. The number of nitrogens with one attached hydrogen (secondary N) is 1. The molecular formula is C25H26N2O2. The van der Waals surface area contributed by atoms with Gasteiger partial charge in [-0.1, -0.05) is 31.2 Å². The van der Waals surface area contributed by atoms with Crippen LogP contribution < -0.4 is 9.47 Å². The normalized spacial score (nSPS) is 33.9. The summed E-state index contributed by atoms with van der Waals surface area (Å²) in [5.41, 5.74) is 6.96. The van der Waals surface area contributed by atoms with Gasteiger partial charge in [-0.05, 0) is 61.5 Å². The third-order valence-electron chi connectivity index (χ3n) is 8.51. The summed E-state index contributed by atoms with van der Waals surface area (Å²) >= 11 is 0. The van der Waals surface area contributed by atoms with Gasteiger partial charge in [0.05, 0.1) is 12.8 Å². The first-order valence-corrected chi connectivity index (χ1v) is 10.8. The van der Waals surface area contributed by atoms with Gasteiger partial charge in [0.25, 0.3) is 0 Å². The van der Waals surface area contributed by atoms with Crippen LogP contribution >= 0.6 is 0 Å². The molecule has 2 bridgehead atoms. The summed E-state index contributed by atoms with van der Waals surface area (Å²) in [6.45, 7) is 3.58. The van der Waals surface area contributed by atoms with Crippen LogP contribution in [0.5, 0.6) is 11.5 Å². The van der Waals surface area contributed by atoms with E-state index >= 15 is 0 Å². The molecule has 4 nitrogen and oxygen atoms in total. The van der Waals surface area contributed by atoms with Crippen molar-refractivity contribution < 1.29 is 9.47 Å². The first-order chi connectivity index (χ1) is 14.1. The number of likely N-dealkylation sites (tertiary alicyclic amines) is 1. The number of likely N-dealkylation sites (N-methyl/N-ethyl adjacent to an activating group) is 1. The number of benzene rings is 2. The average molecular weight is 386 g/mol. The lowest BCUT2D eigenvalue weighted by molar-refractivity contribution is -0.0369. The Kier molecular flexibility index (Phi) is 2.92. The number of methoxy groups -OCH3 is 1. The van der Waals surface area contributed by atoms with Crippen LogP contribution in [0.1, 0.15) is 47.8 Å². The van der Waals surface area contributed by atoms with E-state index < -0.39 is 0 Å². The summed E-state index contributed by atoms with van der Waals surface area (Å²) in [6.07, 6.45) is 2.29. The van der Waals surface area contributed by atoms with Crippen LogP contribution in [0, 0.1) is 5.92 Å². The summed E-state index contributed by atoms with van der Waals surface area (Å²) in [5, 5.41) is 1.36. The zero-order chi connectivity index (χ0) is 19.5. The number of fused-ring (bicyclic) bond motifs is 4. The molecule has 1 aromatic heterocycles. The number of para-hydroxylation sites is 1. The Morgan fingerprint density at radius 1 is 1.21 bits per heavy atom. The number of ether oxygens (including phenoxy) is 2. The topological polar surface area (TPSA) is 37.5 Å². The molecule has 1 saturated heterocycles. The van der Waals surface area contributed by atoms with Crippen LogP contribution in [0.4, 0.5) is 0 Å². The largest absolute Gasteiger partial charge is 0.493 e. The Bertz CT molecular complexity index is 1180. The standard InChI is InChI=1S/C25H26N2O2/c1-13-19-15-6-4-5-7-16(15)26-22(19)24-25-10-11-27(2)17(20(13)25)12-14-8-9-18(28-3)23(29-24)21(14)25/h4-9,13,17,20,24,26H,10-12H2,1-3H3/t13-,17+,20-,24-,25-/m0/s1. The Balaban J connectivity index is 1.59. The fraction of sp³-hybridized carbons (Fsp3) is 0.440. The molecule has 4 aliphatic rings. The summed E-state index contributed by atoms with van der Waals surface area (Å²) in [7, 11) is 4.07. The van der Waals surface area contributed by atoms with Crippen molar-refractivity contribution in [3.63, 3.8) is 0 Å². The minimum Gasteiger partial charge on any atom is -0.493 e. The van der Waals surface area contributed by atoms with E-state index in [0.29, 0.717) is 17.9 Å². The van der Waals surface area contributed by atoms with E-state index in [-0.39, 0.29) is 11.5 Å². The fourth-order valence-electron chi connectivity index (χ4n) is 7.49. The number of hydrogen-bond acceptors (Lipinski definition) is 3. The molecule has 0 saturated carbocycles. The molecule has 2 aliphatic carbocycles. The molecule has 7 rings (SSSR count). The molecule has 3 aromatic rings. The van der Waals surface area contributed by atoms with Crippen LogP contribution in [0.2, 0.25) is 0 Å². The Morgan fingerprint density at radius 2 is 2.07 bits per heavy atom. The first kappa shape index (κ1) is 16.3. The highest BCUT2D eigenvalue weighted by molar-refractivity contribution is 5.86. The van der Waals surface area contributed by atoms with Gasteiger partial charge in [-0.3, -0.25) is 0 Å². The Labute approximate surface area is 170 Å². The molecular weight excluding hydrogens is 360 g/mol. The zero-order valence-electron chi connectivity index (χ0n) is 17.2. The van der Waals surface area contributed by atoms with Crippen LogP contribution in [0.15, 0.2) is 36.4 Å². The molecule has 0 unspecified atom stereocenters. The highest BCUT2D eigenvalue weighted by Gasteiger charge is 2.66. The molecule has 0 amide bonds. The minimum atomic E-state index is 0.0436. The summed E-state index contributed by atoms with van der Waals surface area (Å²) in [5.74, 6) is 2.92. The van der Waals surface area contributed by atoms with E-state index in [1.165, 1.54) is 33.3 Å². The molecule has 29 heavy (non-hydrogen) atoms. The van der Waals surface area contributed by atoms with Gasteiger partial charge in [-0.2, -0.15) is 0 Å². The fourth-order valence-corrected chi connectivity index (χ4v) is 7.49. The summed E-state index contributed by atoms with van der Waals surface area (Å²) < 4.78 is 12.6. The van der Waals surface area contributed by atoms with Crippen molar-refractivity contribution >= 4 is 10.9 Å². The predicted molar refractivity (Wildman–Crippen MR) is 113 cm³/mol. The second-order valence-corrected chi connectivity index (χ2v) is 9.48. The lowest BCUT2D eigenvalue weighted by Gasteiger charge is -2.59. The van der Waals surface area contributed by atoms with E-state index in [2.05, 4.69) is 60.3 Å². The van der Waals surface area contributed by atoms with E-state index in [4.69, 9.17) is 9.47 Å². The van der Waals surface area contributed by atoms with Crippen LogP contribution in [0.3, 0.4) is 0 Å². The Morgan fingerprint density at radius 3 is 2.93 bits per heavy atom. The van der Waals surface area contributed by atoms with Crippen LogP contribution in [0.25, 0.3) is 10.9 Å². The van der Waals surface area contributed by atoms with E-state index in [1.54, 1.807) is 7.11 Å². The molecule has 2 aromatic carbocycles. The van der Waals surface area contributed by atoms with E-state index in [9.17, 15) is 0 Å². The van der Waals surface area contributed by atoms with Crippen molar-refractivity contribution in [1.82, 2.24) is 9.88 Å². The molecule has 0 radical (unpaired) electrons. The highest BCUT2D eigenvalue weighted by atomic mass is 16.5. The first-order valence-electron chi connectivity index (χ1n) is 10.8. The van der Waals surface area contributed by atoms with Gasteiger partial charge in [0, 0.05) is 27.9 Å². The summed E-state index contributed by atoms with van der Waals surface area (Å²) in [6, 6.07) is 13.7. The van der Waals surface area contributed by atoms with Crippen LogP contribution in [-0.4, -0.2) is 36.6 Å². The highest BCUT2D eigenvalue weighted by Crippen LogP contribution is 2.69. The summed E-state index contributed by atoms with van der Waals surface area (Å²) in [4.78, 5) is 6.39. The van der Waals surface area contributed by atoms with Crippen molar-refractivity contribution in [3.8, 4) is 11.5 Å². The molecule has 1 spiro atoms. The van der Waals surface area contributed by atoms with Gasteiger partial charge in [-0.25, -0.2) is 0 Å². The molecule has 1 N–H and O–H groups in total. The smallest absolute Gasteiger partial charge is 0.166 e. The molecule has 5 atom stereocenters. The number of aromatic amines is 1.